The fraction of sp³-hybridized carbons (Fsp3) is 0.364. The summed E-state index contributed by atoms with van der Waals surface area (Å²) >= 11 is 0. The number of carbonyl (C=O) groups excluding carboxylic acids is 2. The topological polar surface area (TPSA) is 86.8 Å². The Labute approximate surface area is 195 Å². The maximum Gasteiger partial charge on any atom is 0.416 e. The summed E-state index contributed by atoms with van der Waals surface area (Å²) in [6, 6.07) is 7.96. The zero-order valence-corrected chi connectivity index (χ0v) is 19.6. The predicted octanol–water partition coefficient (Wildman–Crippen LogP) is 3.16. The molecule has 1 atom stereocenters. The highest BCUT2D eigenvalue weighted by Gasteiger charge is 2.33. The van der Waals surface area contributed by atoms with Crippen LogP contribution < -0.4 is 9.62 Å². The Balaban J connectivity index is 2.45. The van der Waals surface area contributed by atoms with Crippen molar-refractivity contribution < 1.29 is 35.6 Å². The molecule has 0 fully saturated rings. The second-order valence-corrected chi connectivity index (χ2v) is 9.41. The molecule has 0 saturated carbocycles. The smallest absolute Gasteiger partial charge is 0.355 e. The molecule has 34 heavy (non-hydrogen) atoms. The van der Waals surface area contributed by atoms with E-state index in [2.05, 4.69) is 5.32 Å². The number of likely N-dealkylation sites (N-methyl/N-ethyl adjacent to an activating group) is 1. The molecule has 2 amide bonds. The minimum absolute atomic E-state index is 0.0805. The first-order valence-electron chi connectivity index (χ1n) is 10.2. The first-order chi connectivity index (χ1) is 15.8. The predicted molar refractivity (Wildman–Crippen MR) is 119 cm³/mol. The van der Waals surface area contributed by atoms with Crippen LogP contribution in [0.1, 0.15) is 25.0 Å². The Kier molecular flexibility index (Phi) is 8.65. The number of benzene rings is 2. The Hall–Kier alpha value is -3.15. The average molecular weight is 504 g/mol. The minimum atomic E-state index is -4.73. The van der Waals surface area contributed by atoms with Gasteiger partial charge in [0.25, 0.3) is 0 Å². The van der Waals surface area contributed by atoms with E-state index in [0.29, 0.717) is 10.4 Å². The van der Waals surface area contributed by atoms with Gasteiger partial charge in [0.05, 0.1) is 17.5 Å². The molecule has 186 valence electrons. The van der Waals surface area contributed by atoms with Crippen molar-refractivity contribution in [1.29, 1.82) is 0 Å². The van der Waals surface area contributed by atoms with Crippen molar-refractivity contribution in [3.05, 3.63) is 65.5 Å². The van der Waals surface area contributed by atoms with E-state index in [9.17, 15) is 35.6 Å². The van der Waals surface area contributed by atoms with Crippen LogP contribution in [0.25, 0.3) is 0 Å². The SMILES string of the molecule is CCNC(=O)[C@H](C)N(Cc1ccccc1F)C(=O)CN(c1cccc(C(F)(F)F)c1)S(C)(=O)=O. The standard InChI is InChI=1S/C22H25F4N3O4S/c1-4-27-21(31)15(2)28(13-16-8-5-6-11-19(16)23)20(30)14-29(34(3,32)33)18-10-7-9-17(12-18)22(24,25)26/h5-12,15H,4,13-14H2,1-3H3,(H,27,31)/t15-/m0/s1. The Morgan fingerprint density at radius 1 is 1.09 bits per heavy atom. The number of nitrogens with one attached hydrogen (secondary N) is 1. The monoisotopic (exact) mass is 503 g/mol. The van der Waals surface area contributed by atoms with E-state index in [-0.39, 0.29) is 24.3 Å². The van der Waals surface area contributed by atoms with Gasteiger partial charge in [0, 0.05) is 18.7 Å². The number of anilines is 1. The first-order valence-corrected chi connectivity index (χ1v) is 12.1. The zero-order valence-electron chi connectivity index (χ0n) is 18.8. The lowest BCUT2D eigenvalue weighted by atomic mass is 10.1. The Morgan fingerprint density at radius 2 is 1.74 bits per heavy atom. The lowest BCUT2D eigenvalue weighted by molar-refractivity contribution is -0.139. The summed E-state index contributed by atoms with van der Waals surface area (Å²) in [5.74, 6) is -2.09. The van der Waals surface area contributed by atoms with Gasteiger partial charge < -0.3 is 10.2 Å². The second-order valence-electron chi connectivity index (χ2n) is 7.50. The van der Waals surface area contributed by atoms with Crippen LogP contribution in [-0.4, -0.2) is 50.5 Å². The molecule has 0 aliphatic carbocycles. The third-order valence-electron chi connectivity index (χ3n) is 4.96. The molecule has 0 bridgehead atoms. The molecule has 7 nitrogen and oxygen atoms in total. The maximum absolute atomic E-state index is 14.2. The summed E-state index contributed by atoms with van der Waals surface area (Å²) in [6.07, 6.45) is -3.98. The molecular weight excluding hydrogens is 478 g/mol. The third-order valence-corrected chi connectivity index (χ3v) is 6.10. The lowest BCUT2D eigenvalue weighted by Gasteiger charge is -2.31. The van der Waals surface area contributed by atoms with Gasteiger partial charge in [-0.1, -0.05) is 24.3 Å². The number of nitrogens with zero attached hydrogens (tertiary/aromatic N) is 2. The molecule has 0 aliphatic heterocycles. The van der Waals surface area contributed by atoms with Gasteiger partial charge in [0.15, 0.2) is 0 Å². The Bertz CT molecular complexity index is 1140. The molecule has 0 unspecified atom stereocenters. The number of hydrogen-bond acceptors (Lipinski definition) is 4. The summed E-state index contributed by atoms with van der Waals surface area (Å²) in [5.41, 5.74) is -1.39. The number of halogens is 4. The highest BCUT2D eigenvalue weighted by Crippen LogP contribution is 2.32. The van der Waals surface area contributed by atoms with Crippen LogP contribution >= 0.6 is 0 Å². The number of carbonyl (C=O) groups is 2. The molecule has 0 radical (unpaired) electrons. The fourth-order valence-corrected chi connectivity index (χ4v) is 4.01. The van der Waals surface area contributed by atoms with Crippen molar-refractivity contribution >= 4 is 27.5 Å². The number of rotatable bonds is 9. The number of amides is 2. The summed E-state index contributed by atoms with van der Waals surface area (Å²) in [5, 5.41) is 2.54. The van der Waals surface area contributed by atoms with E-state index in [0.717, 1.165) is 29.4 Å². The van der Waals surface area contributed by atoms with Crippen molar-refractivity contribution in [3.63, 3.8) is 0 Å². The number of sulfonamides is 1. The molecule has 0 heterocycles. The van der Waals surface area contributed by atoms with Gasteiger partial charge >= 0.3 is 6.18 Å². The molecule has 12 heteroatoms. The van der Waals surface area contributed by atoms with Gasteiger partial charge in [-0.2, -0.15) is 13.2 Å². The van der Waals surface area contributed by atoms with Gasteiger partial charge in [-0.3, -0.25) is 13.9 Å². The molecule has 0 spiro atoms. The molecule has 0 saturated heterocycles. The summed E-state index contributed by atoms with van der Waals surface area (Å²) in [4.78, 5) is 26.6. The van der Waals surface area contributed by atoms with Crippen molar-refractivity contribution in [2.75, 3.05) is 23.7 Å². The molecule has 2 aromatic carbocycles. The van der Waals surface area contributed by atoms with Gasteiger partial charge in [0.1, 0.15) is 18.4 Å². The third kappa shape index (κ3) is 6.92. The zero-order chi connectivity index (χ0) is 25.7. The first kappa shape index (κ1) is 27.1. The van der Waals surface area contributed by atoms with Crippen LogP contribution in [0.2, 0.25) is 0 Å². The van der Waals surface area contributed by atoms with E-state index >= 15 is 0 Å². The van der Waals surface area contributed by atoms with E-state index < -0.39 is 52.0 Å². The van der Waals surface area contributed by atoms with Gasteiger partial charge in [-0.15, -0.1) is 0 Å². The minimum Gasteiger partial charge on any atom is -0.355 e. The summed E-state index contributed by atoms with van der Waals surface area (Å²) in [7, 11) is -4.20. The van der Waals surface area contributed by atoms with Crippen molar-refractivity contribution in [3.8, 4) is 0 Å². The molecular formula is C22H25F4N3O4S. The van der Waals surface area contributed by atoms with Crippen LogP contribution in [0.4, 0.5) is 23.2 Å². The molecule has 2 aromatic rings. The number of alkyl halides is 3. The van der Waals surface area contributed by atoms with Crippen LogP contribution in [0, 0.1) is 5.82 Å². The van der Waals surface area contributed by atoms with Crippen LogP contribution in [0.3, 0.4) is 0 Å². The molecule has 0 aliphatic rings. The van der Waals surface area contributed by atoms with E-state index in [1.807, 2.05) is 0 Å². The van der Waals surface area contributed by atoms with Gasteiger partial charge in [-0.05, 0) is 38.1 Å². The van der Waals surface area contributed by atoms with Crippen LogP contribution in [0.15, 0.2) is 48.5 Å². The quantitative estimate of drug-likeness (QED) is 0.533. The average Bonchev–Trinajstić information content (AvgIpc) is 2.75. The highest BCUT2D eigenvalue weighted by atomic mass is 32.2. The highest BCUT2D eigenvalue weighted by molar-refractivity contribution is 7.92. The fourth-order valence-electron chi connectivity index (χ4n) is 3.17. The normalized spacial score (nSPS) is 12.7. The molecule has 1 N–H and O–H groups in total. The molecule has 2 rings (SSSR count). The Morgan fingerprint density at radius 3 is 2.29 bits per heavy atom. The van der Waals surface area contributed by atoms with Gasteiger partial charge in [-0.25, -0.2) is 12.8 Å². The van der Waals surface area contributed by atoms with Crippen molar-refractivity contribution in [2.24, 2.45) is 0 Å². The van der Waals surface area contributed by atoms with Crippen molar-refractivity contribution in [1.82, 2.24) is 10.2 Å². The van der Waals surface area contributed by atoms with Crippen molar-refractivity contribution in [2.45, 2.75) is 32.6 Å². The van der Waals surface area contributed by atoms with Crippen LogP contribution in [0.5, 0.6) is 0 Å². The second kappa shape index (κ2) is 10.9. The van der Waals surface area contributed by atoms with E-state index in [4.69, 9.17) is 0 Å². The molecule has 0 aromatic heterocycles. The largest absolute Gasteiger partial charge is 0.416 e. The van der Waals surface area contributed by atoms with E-state index in [1.165, 1.54) is 31.2 Å². The maximum atomic E-state index is 14.2. The lowest BCUT2D eigenvalue weighted by Crippen LogP contribution is -2.51. The summed E-state index contributed by atoms with van der Waals surface area (Å²) in [6.45, 7) is 2.05. The summed E-state index contributed by atoms with van der Waals surface area (Å²) < 4.78 is 79.0. The van der Waals surface area contributed by atoms with Crippen LogP contribution in [-0.2, 0) is 32.3 Å². The van der Waals surface area contributed by atoms with E-state index in [1.54, 1.807) is 6.92 Å². The van der Waals surface area contributed by atoms with Gasteiger partial charge in [0.2, 0.25) is 21.8 Å². The number of hydrogen-bond donors (Lipinski definition) is 1.